The van der Waals surface area contributed by atoms with Gasteiger partial charge >= 0.3 is 12.2 Å². The average Bonchev–Trinajstić information content (AvgIpc) is 2.48. The summed E-state index contributed by atoms with van der Waals surface area (Å²) >= 11 is 0. The van der Waals surface area contributed by atoms with Crippen molar-refractivity contribution in [1.29, 1.82) is 0 Å². The molecule has 0 spiro atoms. The van der Waals surface area contributed by atoms with Crippen molar-refractivity contribution in [2.45, 2.75) is 39.5 Å². The second-order valence-electron chi connectivity index (χ2n) is 4.81. The molecule has 6 heteroatoms. The molecule has 2 N–H and O–H groups in total. The van der Waals surface area contributed by atoms with Crippen molar-refractivity contribution in [3.63, 3.8) is 0 Å². The first kappa shape index (κ1) is 17.8. The molecule has 0 heterocycles. The lowest BCUT2D eigenvalue weighted by Crippen LogP contribution is -2.28. The van der Waals surface area contributed by atoms with Crippen molar-refractivity contribution in [3.8, 4) is 11.5 Å². The molecule has 0 aliphatic carbocycles. The summed E-state index contributed by atoms with van der Waals surface area (Å²) in [5.41, 5.74) is 0. The number of amides is 2. The lowest BCUT2D eigenvalue weighted by atomic mass is 10.3. The van der Waals surface area contributed by atoms with Gasteiger partial charge in [0.05, 0.1) is 0 Å². The molecule has 0 aromatic heterocycles. The monoisotopic (exact) mass is 308 g/mol. The fraction of sp³-hybridized carbons (Fsp3) is 0.500. The highest BCUT2D eigenvalue weighted by molar-refractivity contribution is 5.72. The van der Waals surface area contributed by atoms with Gasteiger partial charge in [0.25, 0.3) is 0 Å². The second kappa shape index (κ2) is 10.5. The van der Waals surface area contributed by atoms with Gasteiger partial charge in [0.15, 0.2) is 0 Å². The van der Waals surface area contributed by atoms with Gasteiger partial charge in [-0.25, -0.2) is 9.59 Å². The molecule has 0 saturated heterocycles. The third kappa shape index (κ3) is 7.52. The Morgan fingerprint density at radius 3 is 1.77 bits per heavy atom. The van der Waals surface area contributed by atoms with Gasteiger partial charge in [-0.15, -0.1) is 0 Å². The number of hydrogen-bond donors (Lipinski definition) is 2. The van der Waals surface area contributed by atoms with Crippen molar-refractivity contribution in [2.24, 2.45) is 0 Å². The Labute approximate surface area is 131 Å². The van der Waals surface area contributed by atoms with Crippen molar-refractivity contribution in [3.05, 3.63) is 24.3 Å². The number of nitrogens with one attached hydrogen (secondary N) is 2. The highest BCUT2D eigenvalue weighted by Crippen LogP contribution is 2.19. The summed E-state index contributed by atoms with van der Waals surface area (Å²) in [5.74, 6) is 0.653. The Kier molecular flexibility index (Phi) is 8.49. The summed E-state index contributed by atoms with van der Waals surface area (Å²) in [6.45, 7) is 5.23. The molecule has 1 aromatic carbocycles. The number of carbonyl (C=O) groups is 2. The SMILES string of the molecule is CCCCNC(=O)Oc1cccc(OC(=O)NCCCC)c1. The molecular formula is C16H24N2O4. The first-order valence-corrected chi connectivity index (χ1v) is 7.67. The summed E-state index contributed by atoms with van der Waals surface area (Å²) in [5, 5.41) is 5.29. The third-order valence-electron chi connectivity index (χ3n) is 2.83. The van der Waals surface area contributed by atoms with Crippen LogP contribution in [0.3, 0.4) is 0 Å². The molecule has 22 heavy (non-hydrogen) atoms. The molecule has 0 aliphatic rings. The van der Waals surface area contributed by atoms with Crippen LogP contribution in [0.15, 0.2) is 24.3 Å². The van der Waals surface area contributed by atoms with Crippen LogP contribution in [0.2, 0.25) is 0 Å². The van der Waals surface area contributed by atoms with Gasteiger partial charge < -0.3 is 20.1 Å². The third-order valence-corrected chi connectivity index (χ3v) is 2.83. The zero-order chi connectivity index (χ0) is 16.2. The van der Waals surface area contributed by atoms with E-state index in [1.54, 1.807) is 18.2 Å². The van der Waals surface area contributed by atoms with Gasteiger partial charge in [-0.2, -0.15) is 0 Å². The van der Waals surface area contributed by atoms with E-state index in [0.29, 0.717) is 24.6 Å². The summed E-state index contributed by atoms with van der Waals surface area (Å²) < 4.78 is 10.2. The smallest absolute Gasteiger partial charge is 0.410 e. The second-order valence-corrected chi connectivity index (χ2v) is 4.81. The van der Waals surface area contributed by atoms with Crippen molar-refractivity contribution in [1.82, 2.24) is 10.6 Å². The van der Waals surface area contributed by atoms with Gasteiger partial charge in [0.2, 0.25) is 0 Å². The summed E-state index contributed by atoms with van der Waals surface area (Å²) in [7, 11) is 0. The van der Waals surface area contributed by atoms with Gasteiger partial charge in [0.1, 0.15) is 11.5 Å². The van der Waals surface area contributed by atoms with Crippen LogP contribution in [0.25, 0.3) is 0 Å². The van der Waals surface area contributed by atoms with E-state index in [2.05, 4.69) is 10.6 Å². The fourth-order valence-corrected chi connectivity index (χ4v) is 1.62. The van der Waals surface area contributed by atoms with E-state index in [0.717, 1.165) is 25.7 Å². The Morgan fingerprint density at radius 2 is 1.36 bits per heavy atom. The molecule has 0 fully saturated rings. The van der Waals surface area contributed by atoms with Crippen LogP contribution in [-0.2, 0) is 0 Å². The molecule has 0 unspecified atom stereocenters. The quantitative estimate of drug-likeness (QED) is 0.721. The van der Waals surface area contributed by atoms with Gasteiger partial charge in [-0.05, 0) is 25.0 Å². The van der Waals surface area contributed by atoms with Crippen molar-refractivity contribution < 1.29 is 19.1 Å². The van der Waals surface area contributed by atoms with Gasteiger partial charge in [-0.3, -0.25) is 0 Å². The Morgan fingerprint density at radius 1 is 0.909 bits per heavy atom. The van der Waals surface area contributed by atoms with E-state index in [1.165, 1.54) is 6.07 Å². The van der Waals surface area contributed by atoms with Crippen molar-refractivity contribution >= 4 is 12.2 Å². The van der Waals surface area contributed by atoms with Crippen LogP contribution >= 0.6 is 0 Å². The van der Waals surface area contributed by atoms with E-state index >= 15 is 0 Å². The van der Waals surface area contributed by atoms with Gasteiger partial charge in [-0.1, -0.05) is 32.8 Å². The van der Waals surface area contributed by atoms with E-state index in [9.17, 15) is 9.59 Å². The van der Waals surface area contributed by atoms with E-state index in [1.807, 2.05) is 13.8 Å². The van der Waals surface area contributed by atoms with Crippen molar-refractivity contribution in [2.75, 3.05) is 13.1 Å². The molecule has 0 atom stereocenters. The predicted octanol–water partition coefficient (Wildman–Crippen LogP) is 3.46. The summed E-state index contributed by atoms with van der Waals surface area (Å²) in [6.07, 6.45) is 2.76. The molecule has 0 saturated carbocycles. The zero-order valence-electron chi connectivity index (χ0n) is 13.2. The minimum atomic E-state index is -0.516. The lowest BCUT2D eigenvalue weighted by Gasteiger charge is -2.09. The van der Waals surface area contributed by atoms with Crippen LogP contribution in [0.5, 0.6) is 11.5 Å². The molecule has 1 rings (SSSR count). The first-order chi connectivity index (χ1) is 10.7. The molecule has 6 nitrogen and oxygen atoms in total. The number of rotatable bonds is 8. The first-order valence-electron chi connectivity index (χ1n) is 7.67. The molecule has 0 aliphatic heterocycles. The number of benzene rings is 1. The topological polar surface area (TPSA) is 76.7 Å². The van der Waals surface area contributed by atoms with E-state index in [4.69, 9.17) is 9.47 Å². The maximum absolute atomic E-state index is 11.5. The normalized spacial score (nSPS) is 9.91. The largest absolute Gasteiger partial charge is 0.412 e. The van der Waals surface area contributed by atoms with Crippen LogP contribution in [0.1, 0.15) is 39.5 Å². The number of unbranched alkanes of at least 4 members (excludes halogenated alkanes) is 2. The Balaban J connectivity index is 2.44. The fourth-order valence-electron chi connectivity index (χ4n) is 1.62. The molecule has 0 bridgehead atoms. The number of carbonyl (C=O) groups excluding carboxylic acids is 2. The Bertz CT molecular complexity index is 438. The minimum absolute atomic E-state index is 0.327. The van der Waals surface area contributed by atoms with Crippen LogP contribution < -0.4 is 20.1 Å². The van der Waals surface area contributed by atoms with Crippen LogP contribution in [-0.4, -0.2) is 25.3 Å². The predicted molar refractivity (Wildman–Crippen MR) is 84.3 cm³/mol. The summed E-state index contributed by atoms with van der Waals surface area (Å²) in [4.78, 5) is 23.1. The van der Waals surface area contributed by atoms with E-state index < -0.39 is 12.2 Å². The molecule has 2 amide bonds. The standard InChI is InChI=1S/C16H24N2O4/c1-3-5-10-17-15(19)21-13-8-7-9-14(12-13)22-16(20)18-11-6-4-2/h7-9,12H,3-6,10-11H2,1-2H3,(H,17,19)(H,18,20). The molecule has 122 valence electrons. The number of hydrogen-bond acceptors (Lipinski definition) is 4. The Hall–Kier alpha value is -2.24. The highest BCUT2D eigenvalue weighted by Gasteiger charge is 2.07. The summed E-state index contributed by atoms with van der Waals surface area (Å²) in [6, 6.07) is 6.41. The number of ether oxygens (including phenoxy) is 2. The zero-order valence-corrected chi connectivity index (χ0v) is 13.2. The molecular weight excluding hydrogens is 284 g/mol. The highest BCUT2D eigenvalue weighted by atomic mass is 16.6. The molecule has 0 radical (unpaired) electrons. The van der Waals surface area contributed by atoms with Crippen LogP contribution in [0, 0.1) is 0 Å². The average molecular weight is 308 g/mol. The maximum atomic E-state index is 11.5. The van der Waals surface area contributed by atoms with E-state index in [-0.39, 0.29) is 0 Å². The van der Waals surface area contributed by atoms with Crippen LogP contribution in [0.4, 0.5) is 9.59 Å². The molecule has 1 aromatic rings. The van der Waals surface area contributed by atoms with Gasteiger partial charge in [0, 0.05) is 19.2 Å². The lowest BCUT2D eigenvalue weighted by molar-refractivity contribution is 0.198. The maximum Gasteiger partial charge on any atom is 0.412 e. The minimum Gasteiger partial charge on any atom is -0.410 e.